The first-order valence-corrected chi connectivity index (χ1v) is 9.83. The summed E-state index contributed by atoms with van der Waals surface area (Å²) in [6.07, 6.45) is 1.95. The molecule has 3 rings (SSSR count). The van der Waals surface area contributed by atoms with Crippen molar-refractivity contribution in [2.75, 3.05) is 19.7 Å². The molecule has 1 amide bonds. The highest BCUT2D eigenvalue weighted by Crippen LogP contribution is 2.41. The van der Waals surface area contributed by atoms with Crippen LogP contribution in [0.5, 0.6) is 0 Å². The molecule has 8 heteroatoms. The number of amides is 1. The number of halogens is 3. The Morgan fingerprint density at radius 3 is 2.60 bits per heavy atom. The van der Waals surface area contributed by atoms with Gasteiger partial charge < -0.3 is 9.64 Å². The van der Waals surface area contributed by atoms with Crippen molar-refractivity contribution in [3.05, 3.63) is 32.1 Å². The maximum Gasteiger partial charge on any atom is 0.350 e. The average Bonchev–Trinajstić information content (AvgIpc) is 2.89. The van der Waals surface area contributed by atoms with Crippen molar-refractivity contribution >= 4 is 68.1 Å². The number of fused-ring (bicyclic) bond motifs is 1. The second-order valence-corrected chi connectivity index (χ2v) is 8.42. The lowest BCUT2D eigenvalue weighted by Crippen LogP contribution is -2.40. The topological polar surface area (TPSA) is 46.6 Å². The van der Waals surface area contributed by atoms with Gasteiger partial charge in [-0.3, -0.25) is 4.79 Å². The van der Waals surface area contributed by atoms with Crippen LogP contribution in [0.1, 0.15) is 29.4 Å². The van der Waals surface area contributed by atoms with Crippen molar-refractivity contribution in [1.29, 1.82) is 0 Å². The molecule has 0 unspecified atom stereocenters. The van der Waals surface area contributed by atoms with Gasteiger partial charge in [-0.05, 0) is 30.9 Å². The number of carbonyl (C=O) groups is 2. The molecule has 1 fully saturated rings. The van der Waals surface area contributed by atoms with E-state index in [-0.39, 0.29) is 22.4 Å². The molecule has 0 saturated carbocycles. The van der Waals surface area contributed by atoms with Gasteiger partial charge >= 0.3 is 5.97 Å². The predicted molar refractivity (Wildman–Crippen MR) is 102 cm³/mol. The van der Waals surface area contributed by atoms with E-state index in [4.69, 9.17) is 39.5 Å². The molecule has 1 aliphatic rings. The highest BCUT2D eigenvalue weighted by Gasteiger charge is 2.24. The maximum absolute atomic E-state index is 12.3. The van der Waals surface area contributed by atoms with Crippen molar-refractivity contribution in [1.82, 2.24) is 4.90 Å². The third-order valence-corrected chi connectivity index (χ3v) is 6.42. The minimum absolute atomic E-state index is 0.182. The van der Waals surface area contributed by atoms with E-state index >= 15 is 0 Å². The zero-order valence-electron chi connectivity index (χ0n) is 13.5. The third-order valence-electron chi connectivity index (χ3n) is 4.30. The molecule has 0 radical (unpaired) electrons. The number of hydrogen-bond donors (Lipinski definition) is 0. The van der Waals surface area contributed by atoms with Gasteiger partial charge in [-0.2, -0.15) is 0 Å². The summed E-state index contributed by atoms with van der Waals surface area (Å²) in [7, 11) is 0. The number of piperidine rings is 1. The van der Waals surface area contributed by atoms with Crippen molar-refractivity contribution in [2.24, 2.45) is 5.92 Å². The minimum atomic E-state index is -0.628. The van der Waals surface area contributed by atoms with E-state index in [2.05, 4.69) is 6.92 Å². The van der Waals surface area contributed by atoms with Crippen LogP contribution in [-0.2, 0) is 9.53 Å². The zero-order valence-corrected chi connectivity index (χ0v) is 16.6. The number of hydrogen-bond acceptors (Lipinski definition) is 4. The van der Waals surface area contributed by atoms with Gasteiger partial charge in [0.15, 0.2) is 6.61 Å². The van der Waals surface area contributed by atoms with Crippen molar-refractivity contribution in [3.8, 4) is 0 Å². The first kappa shape index (κ1) is 18.8. The van der Waals surface area contributed by atoms with Crippen molar-refractivity contribution < 1.29 is 14.3 Å². The maximum atomic E-state index is 12.3. The van der Waals surface area contributed by atoms with Crippen LogP contribution in [0.3, 0.4) is 0 Å². The van der Waals surface area contributed by atoms with E-state index in [1.807, 2.05) is 0 Å². The summed E-state index contributed by atoms with van der Waals surface area (Å²) >= 11 is 19.6. The Bertz CT molecular complexity index is 828. The summed E-state index contributed by atoms with van der Waals surface area (Å²) in [5.74, 6) is -0.184. The van der Waals surface area contributed by atoms with Crippen LogP contribution in [-0.4, -0.2) is 36.5 Å². The first-order chi connectivity index (χ1) is 11.9. The summed E-state index contributed by atoms with van der Waals surface area (Å²) in [5, 5.41) is 1.64. The van der Waals surface area contributed by atoms with Crippen LogP contribution in [0, 0.1) is 5.92 Å². The second kappa shape index (κ2) is 7.70. The summed E-state index contributed by atoms with van der Waals surface area (Å²) < 4.78 is 5.87. The molecule has 4 nitrogen and oxygen atoms in total. The fourth-order valence-electron chi connectivity index (χ4n) is 2.79. The number of esters is 1. The molecule has 25 heavy (non-hydrogen) atoms. The minimum Gasteiger partial charge on any atom is -0.451 e. The summed E-state index contributed by atoms with van der Waals surface area (Å²) in [6, 6.07) is 3.26. The molecule has 0 N–H and O–H groups in total. The molecule has 1 saturated heterocycles. The number of carbonyl (C=O) groups excluding carboxylic acids is 2. The molecule has 2 aromatic rings. The van der Waals surface area contributed by atoms with E-state index in [1.165, 1.54) is 0 Å². The van der Waals surface area contributed by atoms with Crippen LogP contribution in [0.15, 0.2) is 12.1 Å². The quantitative estimate of drug-likeness (QED) is 0.635. The number of ether oxygens (including phenoxy) is 1. The van der Waals surface area contributed by atoms with Crippen LogP contribution < -0.4 is 0 Å². The van der Waals surface area contributed by atoms with Crippen LogP contribution in [0.25, 0.3) is 10.1 Å². The van der Waals surface area contributed by atoms with E-state index < -0.39 is 5.97 Å². The Hall–Kier alpha value is -1.01. The molecule has 0 bridgehead atoms. The Labute approximate surface area is 164 Å². The van der Waals surface area contributed by atoms with E-state index in [9.17, 15) is 9.59 Å². The second-order valence-electron chi connectivity index (χ2n) is 6.15. The summed E-state index contributed by atoms with van der Waals surface area (Å²) in [5.41, 5.74) is 0. The molecule has 2 heterocycles. The molecule has 1 aliphatic heterocycles. The van der Waals surface area contributed by atoms with E-state index in [1.54, 1.807) is 17.0 Å². The monoisotopic (exact) mass is 419 g/mol. The summed E-state index contributed by atoms with van der Waals surface area (Å²) in [4.78, 5) is 26.5. The van der Waals surface area contributed by atoms with Gasteiger partial charge in [-0.1, -0.05) is 41.7 Å². The lowest BCUT2D eigenvalue weighted by atomic mass is 9.99. The predicted octanol–water partition coefficient (Wildman–Crippen LogP) is 5.28. The van der Waals surface area contributed by atoms with Crippen LogP contribution >= 0.6 is 46.1 Å². The number of thiophene rings is 1. The molecule has 1 aromatic carbocycles. The number of nitrogens with zero attached hydrogens (tertiary/aromatic N) is 1. The molecular weight excluding hydrogens is 405 g/mol. The Kier molecular flexibility index (Phi) is 5.78. The van der Waals surface area contributed by atoms with Crippen molar-refractivity contribution in [2.45, 2.75) is 19.8 Å². The lowest BCUT2D eigenvalue weighted by molar-refractivity contribution is -0.135. The Morgan fingerprint density at radius 1 is 1.24 bits per heavy atom. The Balaban J connectivity index is 1.69. The SMILES string of the molecule is CC1CCN(C(=O)COC(=O)c2sc3cc(Cl)cc(Cl)c3c2Cl)CC1. The van der Waals surface area contributed by atoms with Gasteiger partial charge in [0.1, 0.15) is 4.88 Å². The van der Waals surface area contributed by atoms with Gasteiger partial charge in [0.05, 0.1) is 10.0 Å². The Morgan fingerprint density at radius 2 is 1.92 bits per heavy atom. The van der Waals surface area contributed by atoms with Crippen LogP contribution in [0.4, 0.5) is 0 Å². The zero-order chi connectivity index (χ0) is 18.1. The van der Waals surface area contributed by atoms with Gasteiger partial charge in [-0.25, -0.2) is 4.79 Å². The molecule has 0 spiro atoms. The fraction of sp³-hybridized carbons (Fsp3) is 0.412. The lowest BCUT2D eigenvalue weighted by Gasteiger charge is -2.30. The highest BCUT2D eigenvalue weighted by atomic mass is 35.5. The number of benzene rings is 1. The van der Waals surface area contributed by atoms with Gasteiger partial charge in [-0.15, -0.1) is 11.3 Å². The molecule has 1 aromatic heterocycles. The average molecular weight is 421 g/mol. The largest absolute Gasteiger partial charge is 0.451 e. The van der Waals surface area contributed by atoms with Crippen molar-refractivity contribution in [3.63, 3.8) is 0 Å². The number of likely N-dealkylation sites (tertiary alicyclic amines) is 1. The highest BCUT2D eigenvalue weighted by molar-refractivity contribution is 7.21. The molecular formula is C17H16Cl3NO3S. The van der Waals surface area contributed by atoms with Gasteiger partial charge in [0.25, 0.3) is 5.91 Å². The smallest absolute Gasteiger partial charge is 0.350 e. The van der Waals surface area contributed by atoms with Gasteiger partial charge in [0.2, 0.25) is 0 Å². The van der Waals surface area contributed by atoms with Crippen LogP contribution in [0.2, 0.25) is 15.1 Å². The summed E-state index contributed by atoms with van der Waals surface area (Å²) in [6.45, 7) is 3.29. The van der Waals surface area contributed by atoms with Gasteiger partial charge in [0, 0.05) is 28.2 Å². The molecule has 0 atom stereocenters. The first-order valence-electron chi connectivity index (χ1n) is 7.88. The normalized spacial score (nSPS) is 15.6. The van der Waals surface area contributed by atoms with E-state index in [0.29, 0.717) is 39.1 Å². The molecule has 0 aliphatic carbocycles. The van der Waals surface area contributed by atoms with E-state index in [0.717, 1.165) is 24.2 Å². The molecule has 134 valence electrons. The fourth-order valence-corrected chi connectivity index (χ4v) is 5.05. The standard InChI is InChI=1S/C17H16Cl3NO3S/c1-9-2-4-21(5-3-9)13(22)8-24-17(23)16-15(20)14-11(19)6-10(18)7-12(14)25-16/h6-7,9H,2-5,8H2,1H3. The number of rotatable bonds is 3. The third kappa shape index (κ3) is 4.05.